The fraction of sp³-hybridized carbons (Fsp3) is 0.467. The molecule has 0 fully saturated rings. The molecule has 22 heavy (non-hydrogen) atoms. The molecule has 5 nitrogen and oxygen atoms in total. The zero-order valence-electron chi connectivity index (χ0n) is 12.6. The summed E-state index contributed by atoms with van der Waals surface area (Å²) in [6, 6.07) is 0. The van der Waals surface area contributed by atoms with Crippen molar-refractivity contribution in [3.63, 3.8) is 0 Å². The highest BCUT2D eigenvalue weighted by Gasteiger charge is 2.13. The van der Waals surface area contributed by atoms with E-state index in [4.69, 9.17) is 33.7 Å². The number of nitrogen functional groups attached to an aromatic ring is 1. The summed E-state index contributed by atoms with van der Waals surface area (Å²) in [5.74, 6) is 1.10. The fourth-order valence-electron chi connectivity index (χ4n) is 2.06. The summed E-state index contributed by atoms with van der Waals surface area (Å²) in [5.41, 5.74) is 6.31. The molecule has 1 aromatic heterocycles. The molecule has 2 rings (SSSR count). The third-order valence-electron chi connectivity index (χ3n) is 3.26. The van der Waals surface area contributed by atoms with Crippen LogP contribution >= 0.6 is 23.2 Å². The second-order valence-electron chi connectivity index (χ2n) is 5.05. The van der Waals surface area contributed by atoms with Crippen molar-refractivity contribution in [1.29, 1.82) is 0 Å². The van der Waals surface area contributed by atoms with Crippen LogP contribution in [0.5, 0.6) is 0 Å². The molecular formula is C15H20Cl2N4O. The number of nitrogens with two attached hydrogens (primary N) is 1. The molecule has 0 atom stereocenters. The van der Waals surface area contributed by atoms with E-state index in [-0.39, 0.29) is 11.1 Å². The number of aromatic nitrogens is 2. The topological polar surface area (TPSA) is 64.3 Å². The number of rotatable bonds is 7. The van der Waals surface area contributed by atoms with Gasteiger partial charge in [0, 0.05) is 12.7 Å². The largest absolute Gasteiger partial charge is 0.494 e. The monoisotopic (exact) mass is 342 g/mol. The number of unbranched alkanes of at least 4 members (excludes halogenated alkanes) is 2. The van der Waals surface area contributed by atoms with Crippen LogP contribution in [0.15, 0.2) is 24.1 Å². The van der Waals surface area contributed by atoms with Gasteiger partial charge in [0.2, 0.25) is 5.28 Å². The third-order valence-corrected chi connectivity index (χ3v) is 3.85. The van der Waals surface area contributed by atoms with E-state index in [1.54, 1.807) is 0 Å². The van der Waals surface area contributed by atoms with Crippen LogP contribution in [0.25, 0.3) is 0 Å². The Bertz CT molecular complexity index is 575. The molecule has 0 unspecified atom stereocenters. The predicted molar refractivity (Wildman–Crippen MR) is 89.6 cm³/mol. The minimum Gasteiger partial charge on any atom is -0.494 e. The van der Waals surface area contributed by atoms with Gasteiger partial charge in [0.25, 0.3) is 0 Å². The first-order valence-electron chi connectivity index (χ1n) is 7.32. The van der Waals surface area contributed by atoms with E-state index in [1.165, 1.54) is 12.8 Å². The molecule has 0 bridgehead atoms. The van der Waals surface area contributed by atoms with Crippen LogP contribution in [0.2, 0.25) is 10.3 Å². The van der Waals surface area contributed by atoms with Gasteiger partial charge in [-0.3, -0.25) is 0 Å². The van der Waals surface area contributed by atoms with E-state index < -0.39 is 0 Å². The minimum atomic E-state index is 0.105. The van der Waals surface area contributed by atoms with Gasteiger partial charge in [0.05, 0.1) is 18.8 Å². The van der Waals surface area contributed by atoms with Crippen molar-refractivity contribution < 1.29 is 4.74 Å². The van der Waals surface area contributed by atoms with Crippen molar-refractivity contribution in [2.75, 3.05) is 18.9 Å². The maximum absolute atomic E-state index is 6.11. The summed E-state index contributed by atoms with van der Waals surface area (Å²) in [6.45, 7) is 4.17. The van der Waals surface area contributed by atoms with Gasteiger partial charge in [-0.2, -0.15) is 4.98 Å². The lowest BCUT2D eigenvalue weighted by Gasteiger charge is -2.23. The number of halogens is 2. The van der Waals surface area contributed by atoms with Crippen molar-refractivity contribution in [3.05, 3.63) is 40.1 Å². The molecule has 2 heterocycles. The zero-order valence-corrected chi connectivity index (χ0v) is 14.1. The SMILES string of the molecule is CCCCCOC1=CCN(Cc2nc(Cl)nc(N)c2Cl)C=C1. The summed E-state index contributed by atoms with van der Waals surface area (Å²) in [4.78, 5) is 10.00. The normalized spacial score (nSPS) is 14.1. The van der Waals surface area contributed by atoms with E-state index in [1.807, 2.05) is 23.3 Å². The summed E-state index contributed by atoms with van der Waals surface area (Å²) in [6.07, 6.45) is 9.40. The molecule has 120 valence electrons. The highest BCUT2D eigenvalue weighted by molar-refractivity contribution is 6.34. The average Bonchev–Trinajstić information content (AvgIpc) is 2.50. The van der Waals surface area contributed by atoms with Gasteiger partial charge in [-0.05, 0) is 30.2 Å². The summed E-state index contributed by atoms with van der Waals surface area (Å²) >= 11 is 11.9. The third kappa shape index (κ3) is 4.78. The number of ether oxygens (including phenoxy) is 1. The number of nitrogens with zero attached hydrogens (tertiary/aromatic N) is 3. The van der Waals surface area contributed by atoms with Gasteiger partial charge in [-0.15, -0.1) is 0 Å². The van der Waals surface area contributed by atoms with Crippen molar-refractivity contribution >= 4 is 29.0 Å². The van der Waals surface area contributed by atoms with Crippen LogP contribution in [-0.2, 0) is 11.3 Å². The number of allylic oxidation sites excluding steroid dienone is 1. The highest BCUT2D eigenvalue weighted by Crippen LogP contribution is 2.24. The van der Waals surface area contributed by atoms with Gasteiger partial charge in [0.15, 0.2) is 0 Å². The van der Waals surface area contributed by atoms with Gasteiger partial charge in [-0.25, -0.2) is 4.98 Å². The summed E-state index contributed by atoms with van der Waals surface area (Å²) in [5, 5.41) is 0.455. The maximum Gasteiger partial charge on any atom is 0.224 e. The minimum absolute atomic E-state index is 0.105. The first kappa shape index (κ1) is 16.9. The molecule has 1 aromatic rings. The van der Waals surface area contributed by atoms with Crippen molar-refractivity contribution in [1.82, 2.24) is 14.9 Å². The smallest absolute Gasteiger partial charge is 0.224 e. The summed E-state index contributed by atoms with van der Waals surface area (Å²) < 4.78 is 5.70. The second kappa shape index (κ2) is 8.25. The second-order valence-corrected chi connectivity index (χ2v) is 5.76. The standard InChI is InChI=1S/C15H20Cl2N4O/c1-2-3-4-9-22-11-5-7-21(8-6-11)10-12-13(16)14(18)20-15(17)19-12/h5-7H,2-4,8-10H2,1H3,(H2,18,19,20). The molecule has 0 radical (unpaired) electrons. The average molecular weight is 343 g/mol. The molecule has 7 heteroatoms. The highest BCUT2D eigenvalue weighted by atomic mass is 35.5. The van der Waals surface area contributed by atoms with E-state index >= 15 is 0 Å². The first-order chi connectivity index (χ1) is 10.6. The maximum atomic E-state index is 6.11. The number of anilines is 1. The fourth-order valence-corrected chi connectivity index (χ4v) is 2.40. The quantitative estimate of drug-likeness (QED) is 0.603. The van der Waals surface area contributed by atoms with Gasteiger partial charge < -0.3 is 15.4 Å². The Hall–Kier alpha value is -1.46. The van der Waals surface area contributed by atoms with Crippen LogP contribution in [0.4, 0.5) is 5.82 Å². The lowest BCUT2D eigenvalue weighted by molar-refractivity contribution is 0.211. The Kier molecular flexibility index (Phi) is 6.34. The van der Waals surface area contributed by atoms with Crippen molar-refractivity contribution in [3.8, 4) is 0 Å². The zero-order chi connectivity index (χ0) is 15.9. The molecule has 1 aliphatic heterocycles. The molecule has 0 aliphatic carbocycles. The van der Waals surface area contributed by atoms with E-state index in [0.29, 0.717) is 17.3 Å². The van der Waals surface area contributed by atoms with Crippen LogP contribution in [0, 0.1) is 0 Å². The molecule has 2 N–H and O–H groups in total. The lowest BCUT2D eigenvalue weighted by atomic mass is 10.2. The van der Waals surface area contributed by atoms with E-state index in [0.717, 1.165) is 25.3 Å². The van der Waals surface area contributed by atoms with Gasteiger partial charge >= 0.3 is 0 Å². The van der Waals surface area contributed by atoms with Crippen molar-refractivity contribution in [2.24, 2.45) is 0 Å². The Balaban J connectivity index is 1.88. The number of hydrogen-bond donors (Lipinski definition) is 1. The van der Waals surface area contributed by atoms with E-state index in [9.17, 15) is 0 Å². The van der Waals surface area contributed by atoms with Crippen LogP contribution in [0.3, 0.4) is 0 Å². The van der Waals surface area contributed by atoms with Crippen LogP contribution in [0.1, 0.15) is 31.9 Å². The molecular weight excluding hydrogens is 323 g/mol. The number of hydrogen-bond acceptors (Lipinski definition) is 5. The van der Waals surface area contributed by atoms with Crippen LogP contribution in [-0.4, -0.2) is 28.0 Å². The Morgan fingerprint density at radius 1 is 1.32 bits per heavy atom. The molecule has 0 saturated carbocycles. The summed E-state index contributed by atoms with van der Waals surface area (Å²) in [7, 11) is 0. The molecule has 0 saturated heterocycles. The molecule has 1 aliphatic rings. The van der Waals surface area contributed by atoms with Gasteiger partial charge in [0.1, 0.15) is 16.6 Å². The molecule has 0 aromatic carbocycles. The predicted octanol–water partition coefficient (Wildman–Crippen LogP) is 3.79. The lowest BCUT2D eigenvalue weighted by Crippen LogP contribution is -2.21. The Morgan fingerprint density at radius 3 is 2.82 bits per heavy atom. The Labute approximate surface area is 140 Å². The molecule has 0 spiro atoms. The first-order valence-corrected chi connectivity index (χ1v) is 8.08. The van der Waals surface area contributed by atoms with Gasteiger partial charge in [-0.1, -0.05) is 31.4 Å². The molecule has 0 amide bonds. The Morgan fingerprint density at radius 2 is 2.14 bits per heavy atom. The van der Waals surface area contributed by atoms with E-state index in [2.05, 4.69) is 16.9 Å². The van der Waals surface area contributed by atoms with Crippen LogP contribution < -0.4 is 5.73 Å². The van der Waals surface area contributed by atoms with Crippen molar-refractivity contribution in [2.45, 2.75) is 32.7 Å².